The zero-order valence-corrected chi connectivity index (χ0v) is 18.0. The fourth-order valence-electron chi connectivity index (χ4n) is 3.80. The van der Waals surface area contributed by atoms with Crippen molar-refractivity contribution >= 4 is 44.9 Å². The molecular weight excluding hydrogens is 402 g/mol. The van der Waals surface area contributed by atoms with Crippen molar-refractivity contribution in [3.8, 4) is 5.75 Å². The van der Waals surface area contributed by atoms with Gasteiger partial charge in [-0.05, 0) is 56.2 Å². The molecule has 0 radical (unpaired) electrons. The molecule has 5 rings (SSSR count). The number of anilines is 1. The van der Waals surface area contributed by atoms with Crippen LogP contribution in [-0.4, -0.2) is 28.7 Å². The third-order valence-electron chi connectivity index (χ3n) is 5.43. The van der Waals surface area contributed by atoms with Crippen LogP contribution in [0, 0.1) is 0 Å². The highest BCUT2D eigenvalue weighted by atomic mass is 32.2. The van der Waals surface area contributed by atoms with Crippen LogP contribution in [0.15, 0.2) is 29.3 Å². The van der Waals surface area contributed by atoms with Gasteiger partial charge in [0.2, 0.25) is 5.91 Å². The maximum atomic E-state index is 12.6. The number of benzene rings is 1. The summed E-state index contributed by atoms with van der Waals surface area (Å²) >= 11 is 3.37. The maximum Gasteiger partial charge on any atom is 0.234 e. The summed E-state index contributed by atoms with van der Waals surface area (Å²) in [5.41, 5.74) is 2.17. The third kappa shape index (κ3) is 3.98. The van der Waals surface area contributed by atoms with E-state index in [-0.39, 0.29) is 5.91 Å². The zero-order valence-electron chi connectivity index (χ0n) is 16.4. The summed E-state index contributed by atoms with van der Waals surface area (Å²) in [5, 5.41) is 5.15. The normalized spacial score (nSPS) is 15.9. The Hall–Kier alpha value is -2.12. The first kappa shape index (κ1) is 18.9. The first-order valence-electron chi connectivity index (χ1n) is 10.1. The summed E-state index contributed by atoms with van der Waals surface area (Å²) in [4.78, 5) is 25.0. The van der Waals surface area contributed by atoms with Gasteiger partial charge < -0.3 is 10.1 Å². The van der Waals surface area contributed by atoms with Gasteiger partial charge in [-0.1, -0.05) is 17.8 Å². The molecule has 2 aliphatic rings. The molecule has 2 aliphatic carbocycles. The fraction of sp³-hybridized carbons (Fsp3) is 0.409. The van der Waals surface area contributed by atoms with Crippen molar-refractivity contribution in [3.05, 3.63) is 40.5 Å². The molecule has 3 aromatic rings. The van der Waals surface area contributed by atoms with Crippen LogP contribution in [0.5, 0.6) is 5.75 Å². The maximum absolute atomic E-state index is 12.6. The molecule has 0 aliphatic heterocycles. The molecule has 0 saturated heterocycles. The van der Waals surface area contributed by atoms with Gasteiger partial charge in [-0.2, -0.15) is 0 Å². The second-order valence-corrected chi connectivity index (χ2v) is 9.67. The van der Waals surface area contributed by atoms with E-state index in [0.29, 0.717) is 11.7 Å². The van der Waals surface area contributed by atoms with Crippen molar-refractivity contribution in [3.63, 3.8) is 0 Å². The van der Waals surface area contributed by atoms with Crippen molar-refractivity contribution in [2.45, 2.75) is 49.5 Å². The van der Waals surface area contributed by atoms with E-state index in [2.05, 4.69) is 5.32 Å². The number of hydrogen-bond donors (Lipinski definition) is 1. The van der Waals surface area contributed by atoms with Crippen molar-refractivity contribution < 1.29 is 9.53 Å². The van der Waals surface area contributed by atoms with Crippen LogP contribution in [0.1, 0.15) is 47.9 Å². The quantitative estimate of drug-likeness (QED) is 0.435. The Morgan fingerprint density at radius 2 is 2.14 bits per heavy atom. The number of aryl methyl sites for hydroxylation is 2. The Morgan fingerprint density at radius 1 is 1.28 bits per heavy atom. The van der Waals surface area contributed by atoms with Crippen LogP contribution >= 0.6 is 23.1 Å². The Bertz CT molecular complexity index is 1080. The number of nitrogens with zero attached hydrogens (tertiary/aromatic N) is 2. The second-order valence-electron chi connectivity index (χ2n) is 7.62. The average Bonchev–Trinajstić information content (AvgIpc) is 3.52. The van der Waals surface area contributed by atoms with Crippen molar-refractivity contribution in [1.29, 1.82) is 0 Å². The summed E-state index contributed by atoms with van der Waals surface area (Å²) in [6, 6.07) is 7.43. The van der Waals surface area contributed by atoms with Gasteiger partial charge in [0.05, 0.1) is 12.9 Å². The second kappa shape index (κ2) is 7.95. The number of thiophene rings is 1. The molecule has 0 unspecified atom stereocenters. The lowest BCUT2D eigenvalue weighted by atomic mass is 9.97. The molecule has 5 nitrogen and oxygen atoms in total. The van der Waals surface area contributed by atoms with Crippen molar-refractivity contribution in [1.82, 2.24) is 9.97 Å². The van der Waals surface area contributed by atoms with Gasteiger partial charge in [-0.15, -0.1) is 11.3 Å². The van der Waals surface area contributed by atoms with Gasteiger partial charge in [0.15, 0.2) is 0 Å². The van der Waals surface area contributed by atoms with E-state index < -0.39 is 0 Å². The minimum absolute atomic E-state index is 0.0351. The highest BCUT2D eigenvalue weighted by Crippen LogP contribution is 2.44. The SMILES string of the molecule is COc1cccc(NC(=O)CSc2nc(C3CC3)nc3sc4c(c23)CCCC4)c1. The highest BCUT2D eigenvalue weighted by Gasteiger charge is 2.29. The van der Waals surface area contributed by atoms with Crippen LogP contribution in [0.25, 0.3) is 10.2 Å². The van der Waals surface area contributed by atoms with Gasteiger partial charge in [-0.25, -0.2) is 9.97 Å². The smallest absolute Gasteiger partial charge is 0.234 e. The lowest BCUT2D eigenvalue weighted by molar-refractivity contribution is -0.113. The van der Waals surface area contributed by atoms with Gasteiger partial charge in [0, 0.05) is 27.9 Å². The average molecular weight is 426 g/mol. The number of carbonyl (C=O) groups excluding carboxylic acids is 1. The van der Waals surface area contributed by atoms with Gasteiger partial charge in [0.25, 0.3) is 0 Å². The van der Waals surface area contributed by atoms with E-state index in [1.165, 1.54) is 53.3 Å². The molecule has 0 bridgehead atoms. The number of ether oxygens (including phenoxy) is 1. The fourth-order valence-corrected chi connectivity index (χ4v) is 6.00. The van der Waals surface area contributed by atoms with Crippen LogP contribution in [0.3, 0.4) is 0 Å². The number of aromatic nitrogens is 2. The minimum atomic E-state index is -0.0351. The summed E-state index contributed by atoms with van der Waals surface area (Å²) in [7, 11) is 1.62. The number of methoxy groups -OCH3 is 1. The molecule has 1 amide bonds. The lowest BCUT2D eigenvalue weighted by Gasteiger charge is -2.12. The number of thioether (sulfide) groups is 1. The van der Waals surface area contributed by atoms with Gasteiger partial charge in [0.1, 0.15) is 21.4 Å². The van der Waals surface area contributed by atoms with Crippen molar-refractivity contribution in [2.75, 3.05) is 18.2 Å². The zero-order chi connectivity index (χ0) is 19.8. The molecule has 2 heterocycles. The molecule has 7 heteroatoms. The van der Waals surface area contributed by atoms with Crippen LogP contribution in [-0.2, 0) is 17.6 Å². The molecule has 2 aromatic heterocycles. The molecular formula is C22H23N3O2S2. The van der Waals surface area contributed by atoms with Crippen LogP contribution in [0.2, 0.25) is 0 Å². The van der Waals surface area contributed by atoms with E-state index in [0.717, 1.165) is 40.0 Å². The number of rotatable bonds is 6. The Kier molecular flexibility index (Phi) is 5.18. The summed E-state index contributed by atoms with van der Waals surface area (Å²) in [5.74, 6) is 2.49. The predicted molar refractivity (Wildman–Crippen MR) is 118 cm³/mol. The molecule has 29 heavy (non-hydrogen) atoms. The molecule has 1 aromatic carbocycles. The number of fused-ring (bicyclic) bond motifs is 3. The summed E-state index contributed by atoms with van der Waals surface area (Å²) in [6.45, 7) is 0. The summed E-state index contributed by atoms with van der Waals surface area (Å²) < 4.78 is 5.23. The van der Waals surface area contributed by atoms with Gasteiger partial charge >= 0.3 is 0 Å². The highest BCUT2D eigenvalue weighted by molar-refractivity contribution is 8.00. The predicted octanol–water partition coefficient (Wildman–Crippen LogP) is 5.19. The van der Waals surface area contributed by atoms with Crippen molar-refractivity contribution in [2.24, 2.45) is 0 Å². The Labute approximate surface area is 178 Å². The summed E-state index contributed by atoms with van der Waals surface area (Å²) in [6.07, 6.45) is 7.09. The topological polar surface area (TPSA) is 64.1 Å². The van der Waals surface area contributed by atoms with E-state index in [1.54, 1.807) is 7.11 Å². The molecule has 150 valence electrons. The monoisotopic (exact) mass is 425 g/mol. The standard InChI is InChI=1S/C22H23N3O2S2/c1-27-15-6-4-5-14(11-15)23-18(26)12-28-21-19-16-7-2-3-8-17(16)29-22(19)25-20(24-21)13-9-10-13/h4-6,11,13H,2-3,7-10,12H2,1H3,(H,23,26). The van der Waals surface area contributed by atoms with E-state index in [1.807, 2.05) is 35.6 Å². The minimum Gasteiger partial charge on any atom is -0.497 e. The number of nitrogens with one attached hydrogen (secondary N) is 1. The number of amides is 1. The molecule has 0 spiro atoms. The van der Waals surface area contributed by atoms with E-state index >= 15 is 0 Å². The number of carbonyl (C=O) groups is 1. The Balaban J connectivity index is 1.39. The molecule has 1 fully saturated rings. The van der Waals surface area contributed by atoms with Crippen LogP contribution in [0.4, 0.5) is 5.69 Å². The first-order valence-corrected chi connectivity index (χ1v) is 11.9. The third-order valence-corrected chi connectivity index (χ3v) is 7.60. The lowest BCUT2D eigenvalue weighted by Crippen LogP contribution is -2.14. The van der Waals surface area contributed by atoms with Crippen LogP contribution < -0.4 is 10.1 Å². The largest absolute Gasteiger partial charge is 0.497 e. The van der Waals surface area contributed by atoms with Gasteiger partial charge in [-0.3, -0.25) is 4.79 Å². The Morgan fingerprint density at radius 3 is 2.97 bits per heavy atom. The molecule has 0 atom stereocenters. The molecule has 1 saturated carbocycles. The molecule has 1 N–H and O–H groups in total. The first-order chi connectivity index (χ1) is 14.2. The number of hydrogen-bond acceptors (Lipinski definition) is 6. The van der Waals surface area contributed by atoms with E-state index in [9.17, 15) is 4.79 Å². The van der Waals surface area contributed by atoms with E-state index in [4.69, 9.17) is 14.7 Å².